The van der Waals surface area contributed by atoms with Crippen LogP contribution in [0.25, 0.3) is 10.1 Å². The Balaban J connectivity index is 2.21. The zero-order valence-corrected chi connectivity index (χ0v) is 11.2. The van der Waals surface area contributed by atoms with E-state index in [1.807, 2.05) is 31.3 Å². The molecule has 6 heteroatoms. The van der Waals surface area contributed by atoms with Crippen LogP contribution in [0.15, 0.2) is 24.3 Å². The van der Waals surface area contributed by atoms with Gasteiger partial charge in [-0.1, -0.05) is 18.2 Å². The van der Waals surface area contributed by atoms with E-state index in [1.54, 1.807) is 11.3 Å². The molecule has 0 amide bonds. The van der Waals surface area contributed by atoms with Crippen molar-refractivity contribution in [1.29, 1.82) is 0 Å². The Morgan fingerprint density at radius 3 is 2.68 bits per heavy atom. The Hall–Kier alpha value is -1.11. The minimum Gasteiger partial charge on any atom is -0.367 e. The van der Waals surface area contributed by atoms with Gasteiger partial charge in [-0.15, -0.1) is 11.3 Å². The summed E-state index contributed by atoms with van der Waals surface area (Å²) in [7, 11) is 1.81. The summed E-state index contributed by atoms with van der Waals surface area (Å²) in [6.45, 7) is -0.596. The molecule has 0 aliphatic heterocycles. The van der Waals surface area contributed by atoms with Crippen molar-refractivity contribution in [3.05, 3.63) is 34.7 Å². The van der Waals surface area contributed by atoms with Crippen molar-refractivity contribution in [2.75, 3.05) is 13.7 Å². The summed E-state index contributed by atoms with van der Waals surface area (Å²) in [5.41, 5.74) is 0.846. The first kappa shape index (κ1) is 14.3. The molecule has 2 aromatic rings. The Labute approximate surface area is 113 Å². The molecule has 2 nitrogen and oxygen atoms in total. The van der Waals surface area contributed by atoms with Gasteiger partial charge in [0.1, 0.15) is 6.61 Å². The van der Waals surface area contributed by atoms with E-state index in [1.165, 1.54) is 0 Å². The van der Waals surface area contributed by atoms with Crippen molar-refractivity contribution < 1.29 is 17.9 Å². The van der Waals surface area contributed by atoms with Gasteiger partial charge in [0, 0.05) is 21.7 Å². The third-order valence-electron chi connectivity index (χ3n) is 2.63. The molecule has 1 aromatic carbocycles. The van der Waals surface area contributed by atoms with Gasteiger partial charge in [-0.3, -0.25) is 0 Å². The van der Waals surface area contributed by atoms with E-state index in [2.05, 4.69) is 5.32 Å². The van der Waals surface area contributed by atoms with E-state index >= 15 is 0 Å². The molecule has 0 atom stereocenters. The minimum atomic E-state index is -4.28. The standard InChI is InChI=1S/C13H14F3NOS/c1-17-6-12-10(7-18-8-13(14,15)16)9-4-2-3-5-11(9)19-12/h2-5,17H,6-8H2,1H3. The predicted molar refractivity (Wildman–Crippen MR) is 70.3 cm³/mol. The molecule has 0 aliphatic carbocycles. The van der Waals surface area contributed by atoms with E-state index in [0.29, 0.717) is 6.54 Å². The SMILES string of the molecule is CNCc1sc2ccccc2c1COCC(F)(F)F. The Bertz CT molecular complexity index is 550. The lowest BCUT2D eigenvalue weighted by molar-refractivity contribution is -0.176. The van der Waals surface area contributed by atoms with Gasteiger partial charge in [-0.25, -0.2) is 0 Å². The lowest BCUT2D eigenvalue weighted by atomic mass is 10.1. The van der Waals surface area contributed by atoms with Gasteiger partial charge in [0.25, 0.3) is 0 Å². The third-order valence-corrected chi connectivity index (χ3v) is 3.84. The summed E-state index contributed by atoms with van der Waals surface area (Å²) in [4.78, 5) is 1.02. The van der Waals surface area contributed by atoms with Crippen LogP contribution in [-0.2, 0) is 17.9 Å². The highest BCUT2D eigenvalue weighted by molar-refractivity contribution is 7.19. The first-order valence-corrected chi connectivity index (χ1v) is 6.61. The van der Waals surface area contributed by atoms with Crippen LogP contribution in [0.2, 0.25) is 0 Å². The van der Waals surface area contributed by atoms with Crippen LogP contribution < -0.4 is 5.32 Å². The average Bonchev–Trinajstić information content (AvgIpc) is 2.67. The number of fused-ring (bicyclic) bond motifs is 1. The second kappa shape index (κ2) is 5.90. The van der Waals surface area contributed by atoms with Crippen LogP contribution in [0.5, 0.6) is 0 Å². The monoisotopic (exact) mass is 289 g/mol. The number of nitrogens with one attached hydrogen (secondary N) is 1. The summed E-state index contributed by atoms with van der Waals surface area (Å²) in [6, 6.07) is 7.68. The number of hydrogen-bond acceptors (Lipinski definition) is 3. The highest BCUT2D eigenvalue weighted by atomic mass is 32.1. The molecule has 0 saturated carbocycles. The van der Waals surface area contributed by atoms with E-state index < -0.39 is 12.8 Å². The molecule has 0 aliphatic rings. The van der Waals surface area contributed by atoms with Crippen LogP contribution in [0, 0.1) is 0 Å². The van der Waals surface area contributed by atoms with Crippen molar-refractivity contribution in [1.82, 2.24) is 5.32 Å². The number of halogens is 3. The lowest BCUT2D eigenvalue weighted by Crippen LogP contribution is -2.17. The molecule has 1 N–H and O–H groups in total. The molecule has 19 heavy (non-hydrogen) atoms. The van der Waals surface area contributed by atoms with E-state index in [-0.39, 0.29) is 6.61 Å². The number of hydrogen-bond donors (Lipinski definition) is 1. The largest absolute Gasteiger partial charge is 0.411 e. The van der Waals surface area contributed by atoms with E-state index in [9.17, 15) is 13.2 Å². The molecular weight excluding hydrogens is 275 g/mol. The first-order chi connectivity index (χ1) is 9.01. The Morgan fingerprint density at radius 2 is 2.00 bits per heavy atom. The molecule has 1 aromatic heterocycles. The molecule has 0 bridgehead atoms. The number of benzene rings is 1. The predicted octanol–water partition coefficient (Wildman–Crippen LogP) is 3.70. The number of alkyl halides is 3. The van der Waals surface area contributed by atoms with Crippen molar-refractivity contribution in [3.8, 4) is 0 Å². The summed E-state index contributed by atoms with van der Waals surface area (Å²) in [5.74, 6) is 0. The normalized spacial score (nSPS) is 12.2. The number of thiophene rings is 1. The maximum Gasteiger partial charge on any atom is 0.411 e. The first-order valence-electron chi connectivity index (χ1n) is 5.79. The fourth-order valence-electron chi connectivity index (χ4n) is 1.88. The second-order valence-corrected chi connectivity index (χ2v) is 5.28. The molecule has 1 heterocycles. The quantitative estimate of drug-likeness (QED) is 0.906. The minimum absolute atomic E-state index is 0.0134. The van der Waals surface area contributed by atoms with Gasteiger partial charge in [-0.2, -0.15) is 13.2 Å². The van der Waals surface area contributed by atoms with Crippen LogP contribution in [0.1, 0.15) is 10.4 Å². The van der Waals surface area contributed by atoms with Gasteiger partial charge in [0.05, 0.1) is 6.61 Å². The molecule has 0 saturated heterocycles. The van der Waals surface area contributed by atoms with E-state index in [0.717, 1.165) is 20.5 Å². The number of ether oxygens (including phenoxy) is 1. The fourth-order valence-corrected chi connectivity index (χ4v) is 3.10. The van der Waals surface area contributed by atoms with Gasteiger partial charge < -0.3 is 10.1 Å². The Morgan fingerprint density at radius 1 is 1.26 bits per heavy atom. The van der Waals surface area contributed by atoms with Gasteiger partial charge in [0.15, 0.2) is 0 Å². The summed E-state index contributed by atoms with van der Waals surface area (Å²) in [5, 5.41) is 4.00. The van der Waals surface area contributed by atoms with Gasteiger partial charge in [-0.05, 0) is 18.5 Å². The maximum absolute atomic E-state index is 12.1. The van der Waals surface area contributed by atoms with Crippen LogP contribution in [0.4, 0.5) is 13.2 Å². The highest BCUT2D eigenvalue weighted by Crippen LogP contribution is 2.32. The molecular formula is C13H14F3NOS. The van der Waals surface area contributed by atoms with Crippen LogP contribution >= 0.6 is 11.3 Å². The topological polar surface area (TPSA) is 21.3 Å². The molecule has 0 fully saturated rings. The summed E-state index contributed by atoms with van der Waals surface area (Å²) < 4.78 is 42.2. The van der Waals surface area contributed by atoms with Gasteiger partial charge in [0.2, 0.25) is 0 Å². The molecule has 0 unspecified atom stereocenters. The lowest BCUT2D eigenvalue weighted by Gasteiger charge is -2.08. The van der Waals surface area contributed by atoms with Crippen molar-refractivity contribution in [3.63, 3.8) is 0 Å². The van der Waals surface area contributed by atoms with Crippen molar-refractivity contribution in [2.24, 2.45) is 0 Å². The van der Waals surface area contributed by atoms with Crippen molar-refractivity contribution in [2.45, 2.75) is 19.3 Å². The maximum atomic E-state index is 12.1. The molecule has 2 rings (SSSR count). The zero-order chi connectivity index (χ0) is 13.9. The molecule has 0 radical (unpaired) electrons. The molecule has 104 valence electrons. The van der Waals surface area contributed by atoms with Gasteiger partial charge >= 0.3 is 6.18 Å². The van der Waals surface area contributed by atoms with Crippen LogP contribution in [0.3, 0.4) is 0 Å². The highest BCUT2D eigenvalue weighted by Gasteiger charge is 2.27. The second-order valence-electron chi connectivity index (χ2n) is 4.14. The Kier molecular flexibility index (Phi) is 4.44. The van der Waals surface area contributed by atoms with Crippen LogP contribution in [-0.4, -0.2) is 19.8 Å². The fraction of sp³-hybridized carbons (Fsp3) is 0.385. The average molecular weight is 289 g/mol. The summed E-state index contributed by atoms with van der Waals surface area (Å²) >= 11 is 1.58. The molecule has 0 spiro atoms. The third kappa shape index (κ3) is 3.68. The van der Waals surface area contributed by atoms with E-state index in [4.69, 9.17) is 4.74 Å². The van der Waals surface area contributed by atoms with Crippen molar-refractivity contribution >= 4 is 21.4 Å². The zero-order valence-electron chi connectivity index (χ0n) is 10.4. The smallest absolute Gasteiger partial charge is 0.367 e. The summed E-state index contributed by atoms with van der Waals surface area (Å²) in [6.07, 6.45) is -4.28. The number of rotatable bonds is 5.